The third-order valence-corrected chi connectivity index (χ3v) is 4.15. The summed E-state index contributed by atoms with van der Waals surface area (Å²) in [6, 6.07) is 7.66. The third kappa shape index (κ3) is 3.73. The van der Waals surface area contributed by atoms with Gasteiger partial charge in [-0.2, -0.15) is 0 Å². The molecule has 1 fully saturated rings. The lowest BCUT2D eigenvalue weighted by molar-refractivity contribution is 0.401. The average Bonchev–Trinajstić information content (AvgIpc) is 2.26. The fourth-order valence-electron chi connectivity index (χ4n) is 2.70. The van der Waals surface area contributed by atoms with E-state index in [1.54, 1.807) is 0 Å². The Kier molecular flexibility index (Phi) is 4.87. The standard InChI is InChI=1S/C17H28N2/c1-13(2)11-18-12-15-8-9-17(14(3)10-15)19(4)16-6-5-7-16/h8-10,13,16,18H,5-7,11-12H2,1-4H3. The van der Waals surface area contributed by atoms with Crippen LogP contribution in [0.4, 0.5) is 5.69 Å². The molecule has 1 aliphatic rings. The van der Waals surface area contributed by atoms with Gasteiger partial charge in [-0.25, -0.2) is 0 Å². The van der Waals surface area contributed by atoms with Crippen molar-refractivity contribution in [2.24, 2.45) is 5.92 Å². The Bertz CT molecular complexity index is 408. The van der Waals surface area contributed by atoms with E-state index in [0.29, 0.717) is 5.92 Å². The molecule has 1 N–H and O–H groups in total. The zero-order chi connectivity index (χ0) is 13.8. The predicted molar refractivity (Wildman–Crippen MR) is 83.8 cm³/mol. The monoisotopic (exact) mass is 260 g/mol. The molecule has 1 aliphatic carbocycles. The number of nitrogens with one attached hydrogen (secondary N) is 1. The largest absolute Gasteiger partial charge is 0.371 e. The van der Waals surface area contributed by atoms with Crippen LogP contribution in [0.25, 0.3) is 0 Å². The molecule has 0 aliphatic heterocycles. The zero-order valence-corrected chi connectivity index (χ0v) is 12.9. The smallest absolute Gasteiger partial charge is 0.0396 e. The van der Waals surface area contributed by atoms with Crippen LogP contribution in [0.3, 0.4) is 0 Å². The van der Waals surface area contributed by atoms with Gasteiger partial charge in [-0.3, -0.25) is 0 Å². The molecule has 19 heavy (non-hydrogen) atoms. The van der Waals surface area contributed by atoms with Crippen LogP contribution in [-0.2, 0) is 6.54 Å². The molecule has 1 aromatic rings. The van der Waals surface area contributed by atoms with E-state index in [0.717, 1.165) is 19.1 Å². The van der Waals surface area contributed by atoms with Crippen LogP contribution in [0, 0.1) is 12.8 Å². The Labute approximate surface area is 118 Å². The second-order valence-corrected chi connectivity index (χ2v) is 6.34. The van der Waals surface area contributed by atoms with Crippen molar-refractivity contribution in [3.63, 3.8) is 0 Å². The number of anilines is 1. The van der Waals surface area contributed by atoms with E-state index in [4.69, 9.17) is 0 Å². The van der Waals surface area contributed by atoms with Gasteiger partial charge in [0.25, 0.3) is 0 Å². The highest BCUT2D eigenvalue weighted by molar-refractivity contribution is 5.55. The first-order valence-electron chi connectivity index (χ1n) is 7.61. The average molecular weight is 260 g/mol. The maximum atomic E-state index is 3.51. The molecule has 0 aromatic heterocycles. The minimum Gasteiger partial charge on any atom is -0.371 e. The molecule has 0 unspecified atom stereocenters. The molecule has 0 spiro atoms. The first-order chi connectivity index (χ1) is 9.08. The van der Waals surface area contributed by atoms with E-state index >= 15 is 0 Å². The maximum Gasteiger partial charge on any atom is 0.0396 e. The van der Waals surface area contributed by atoms with Crippen LogP contribution in [0.2, 0.25) is 0 Å². The maximum absolute atomic E-state index is 3.51. The number of nitrogens with zero attached hydrogens (tertiary/aromatic N) is 1. The van der Waals surface area contributed by atoms with Gasteiger partial charge in [-0.1, -0.05) is 26.0 Å². The number of aryl methyl sites for hydroxylation is 1. The van der Waals surface area contributed by atoms with Crippen LogP contribution in [0.15, 0.2) is 18.2 Å². The van der Waals surface area contributed by atoms with Crippen molar-refractivity contribution < 1.29 is 0 Å². The predicted octanol–water partition coefficient (Wildman–Crippen LogP) is 3.73. The molecule has 0 saturated heterocycles. The highest BCUT2D eigenvalue weighted by atomic mass is 15.1. The SMILES string of the molecule is Cc1cc(CNCC(C)C)ccc1N(C)C1CCC1. The van der Waals surface area contributed by atoms with Crippen molar-refractivity contribution in [1.82, 2.24) is 5.32 Å². The third-order valence-electron chi connectivity index (χ3n) is 4.15. The lowest BCUT2D eigenvalue weighted by atomic mass is 9.91. The molecule has 0 heterocycles. The molecule has 0 radical (unpaired) electrons. The van der Waals surface area contributed by atoms with Crippen molar-refractivity contribution in [3.8, 4) is 0 Å². The molecular weight excluding hydrogens is 232 g/mol. The van der Waals surface area contributed by atoms with Gasteiger partial charge in [0.1, 0.15) is 0 Å². The molecular formula is C17H28N2. The molecule has 2 rings (SSSR count). The van der Waals surface area contributed by atoms with Crippen molar-refractivity contribution in [2.75, 3.05) is 18.5 Å². The number of benzene rings is 1. The molecule has 1 aromatic carbocycles. The highest BCUT2D eigenvalue weighted by Gasteiger charge is 2.22. The van der Waals surface area contributed by atoms with Crippen LogP contribution in [-0.4, -0.2) is 19.6 Å². The van der Waals surface area contributed by atoms with Crippen molar-refractivity contribution in [2.45, 2.75) is 52.6 Å². The Hall–Kier alpha value is -1.02. The van der Waals surface area contributed by atoms with E-state index in [9.17, 15) is 0 Å². The fraction of sp³-hybridized carbons (Fsp3) is 0.647. The van der Waals surface area contributed by atoms with Gasteiger partial charge >= 0.3 is 0 Å². The normalized spacial score (nSPS) is 15.6. The van der Waals surface area contributed by atoms with E-state index in [1.165, 1.54) is 36.1 Å². The quantitative estimate of drug-likeness (QED) is 0.838. The minimum absolute atomic E-state index is 0.713. The fourth-order valence-corrected chi connectivity index (χ4v) is 2.70. The Morgan fingerprint density at radius 1 is 1.32 bits per heavy atom. The Morgan fingerprint density at radius 2 is 2.05 bits per heavy atom. The summed E-state index contributed by atoms with van der Waals surface area (Å²) in [5, 5.41) is 3.51. The molecule has 1 saturated carbocycles. The zero-order valence-electron chi connectivity index (χ0n) is 12.9. The summed E-state index contributed by atoms with van der Waals surface area (Å²) in [5.41, 5.74) is 4.19. The summed E-state index contributed by atoms with van der Waals surface area (Å²) in [5.74, 6) is 0.713. The molecule has 0 amide bonds. The number of hydrogen-bond acceptors (Lipinski definition) is 2. The van der Waals surface area contributed by atoms with Gasteiger partial charge in [0.15, 0.2) is 0 Å². The first kappa shape index (κ1) is 14.4. The van der Waals surface area contributed by atoms with Crippen LogP contribution >= 0.6 is 0 Å². The highest BCUT2D eigenvalue weighted by Crippen LogP contribution is 2.30. The lowest BCUT2D eigenvalue weighted by Gasteiger charge is -2.37. The van der Waals surface area contributed by atoms with Crippen LogP contribution in [0.5, 0.6) is 0 Å². The van der Waals surface area contributed by atoms with E-state index in [1.807, 2.05) is 0 Å². The second kappa shape index (κ2) is 6.42. The lowest BCUT2D eigenvalue weighted by Crippen LogP contribution is -2.37. The van der Waals surface area contributed by atoms with Crippen molar-refractivity contribution >= 4 is 5.69 Å². The van der Waals surface area contributed by atoms with Crippen molar-refractivity contribution in [3.05, 3.63) is 29.3 Å². The summed E-state index contributed by atoms with van der Waals surface area (Å²) < 4.78 is 0. The molecule has 2 heteroatoms. The Morgan fingerprint density at radius 3 is 2.58 bits per heavy atom. The van der Waals surface area contributed by atoms with Gasteiger partial charge in [0, 0.05) is 25.3 Å². The summed E-state index contributed by atoms with van der Waals surface area (Å²) in [6.45, 7) is 8.79. The second-order valence-electron chi connectivity index (χ2n) is 6.34. The van der Waals surface area contributed by atoms with Gasteiger partial charge in [-0.15, -0.1) is 0 Å². The number of hydrogen-bond donors (Lipinski definition) is 1. The summed E-state index contributed by atoms with van der Waals surface area (Å²) >= 11 is 0. The number of rotatable bonds is 6. The summed E-state index contributed by atoms with van der Waals surface area (Å²) in [7, 11) is 2.24. The van der Waals surface area contributed by atoms with E-state index in [2.05, 4.69) is 56.2 Å². The van der Waals surface area contributed by atoms with Gasteiger partial charge in [0.05, 0.1) is 0 Å². The van der Waals surface area contributed by atoms with Gasteiger partial charge in [0.2, 0.25) is 0 Å². The molecule has 0 bridgehead atoms. The molecule has 106 valence electrons. The van der Waals surface area contributed by atoms with Gasteiger partial charge in [-0.05, 0) is 55.8 Å². The van der Waals surface area contributed by atoms with E-state index < -0.39 is 0 Å². The van der Waals surface area contributed by atoms with Crippen LogP contribution < -0.4 is 10.2 Å². The summed E-state index contributed by atoms with van der Waals surface area (Å²) in [6.07, 6.45) is 4.10. The minimum atomic E-state index is 0.713. The van der Waals surface area contributed by atoms with Crippen molar-refractivity contribution in [1.29, 1.82) is 0 Å². The summed E-state index contributed by atoms with van der Waals surface area (Å²) in [4.78, 5) is 2.46. The molecule has 2 nitrogen and oxygen atoms in total. The van der Waals surface area contributed by atoms with Crippen LogP contribution in [0.1, 0.15) is 44.2 Å². The van der Waals surface area contributed by atoms with E-state index in [-0.39, 0.29) is 0 Å². The van der Waals surface area contributed by atoms with Gasteiger partial charge < -0.3 is 10.2 Å². The Balaban J connectivity index is 1.96. The topological polar surface area (TPSA) is 15.3 Å². The first-order valence-corrected chi connectivity index (χ1v) is 7.61. The molecule has 0 atom stereocenters.